The first-order valence-electron chi connectivity index (χ1n) is 8.22. The van der Waals surface area contributed by atoms with Crippen LogP contribution in [0.5, 0.6) is 0 Å². The van der Waals surface area contributed by atoms with Gasteiger partial charge in [0.25, 0.3) is 0 Å². The Morgan fingerprint density at radius 3 is 2.37 bits per heavy atom. The minimum absolute atomic E-state index is 0.0874. The zero-order valence-electron chi connectivity index (χ0n) is 14.5. The van der Waals surface area contributed by atoms with Gasteiger partial charge in [0.1, 0.15) is 0 Å². The molecule has 0 aliphatic carbocycles. The van der Waals surface area contributed by atoms with Crippen molar-refractivity contribution < 1.29 is 22.0 Å². The van der Waals surface area contributed by atoms with Crippen molar-refractivity contribution in [1.29, 1.82) is 0 Å². The van der Waals surface area contributed by atoms with Gasteiger partial charge in [0, 0.05) is 17.4 Å². The van der Waals surface area contributed by atoms with Gasteiger partial charge in [-0.1, -0.05) is 35.0 Å². The fraction of sp³-hybridized carbons (Fsp3) is 0.278. The summed E-state index contributed by atoms with van der Waals surface area (Å²) >= 11 is 3.35. The maximum absolute atomic E-state index is 13.2. The maximum atomic E-state index is 13.2. The second kappa shape index (κ2) is 9.38. The minimum Gasteiger partial charge on any atom is -0.349 e. The number of amides is 1. The van der Waals surface area contributed by atoms with Crippen molar-refractivity contribution >= 4 is 31.9 Å². The Morgan fingerprint density at radius 2 is 1.78 bits per heavy atom. The Hall–Kier alpha value is -1.84. The second-order valence-corrected chi connectivity index (χ2v) is 8.49. The Kier molecular flexibility index (Phi) is 7.46. The smallest absolute Gasteiger partial charge is 0.240 e. The Morgan fingerprint density at radius 1 is 1.11 bits per heavy atom. The standard InChI is InChI=1S/C18H19BrF2N2O3S/c1-2-17(12-3-5-13(19)6-4-12)23-18(24)9-10-22-27(25,26)14-7-8-15(20)16(21)11-14/h3-8,11,17,22H,2,9-10H2,1H3,(H,23,24). The highest BCUT2D eigenvalue weighted by atomic mass is 79.9. The number of carbonyl (C=O) groups is 1. The van der Waals surface area contributed by atoms with Crippen LogP contribution in [0.4, 0.5) is 8.78 Å². The number of hydrogen-bond acceptors (Lipinski definition) is 3. The van der Waals surface area contributed by atoms with E-state index in [0.29, 0.717) is 12.5 Å². The van der Waals surface area contributed by atoms with Crippen molar-refractivity contribution in [3.05, 3.63) is 64.1 Å². The summed E-state index contributed by atoms with van der Waals surface area (Å²) in [5.74, 6) is -2.71. The molecule has 0 aliphatic rings. The molecular weight excluding hydrogens is 442 g/mol. The van der Waals surface area contributed by atoms with Gasteiger partial charge in [-0.05, 0) is 42.3 Å². The zero-order valence-corrected chi connectivity index (χ0v) is 16.9. The average Bonchev–Trinajstić information content (AvgIpc) is 2.62. The van der Waals surface area contributed by atoms with Crippen LogP contribution < -0.4 is 10.0 Å². The van der Waals surface area contributed by atoms with E-state index in [1.54, 1.807) is 0 Å². The van der Waals surface area contributed by atoms with Crippen LogP contribution in [0.25, 0.3) is 0 Å². The Bertz CT molecular complexity index is 905. The molecule has 146 valence electrons. The first-order chi connectivity index (χ1) is 12.7. The lowest BCUT2D eigenvalue weighted by Gasteiger charge is -2.17. The molecule has 0 radical (unpaired) electrons. The van der Waals surface area contributed by atoms with E-state index in [1.807, 2.05) is 31.2 Å². The molecule has 0 saturated carbocycles. The molecule has 1 unspecified atom stereocenters. The van der Waals surface area contributed by atoms with Gasteiger partial charge in [0.2, 0.25) is 15.9 Å². The molecule has 2 aromatic rings. The van der Waals surface area contributed by atoms with Crippen molar-refractivity contribution in [1.82, 2.24) is 10.0 Å². The Balaban J connectivity index is 1.90. The van der Waals surface area contributed by atoms with E-state index in [2.05, 4.69) is 26.0 Å². The summed E-state index contributed by atoms with van der Waals surface area (Å²) in [4.78, 5) is 11.7. The summed E-state index contributed by atoms with van der Waals surface area (Å²) in [6.45, 7) is 1.77. The van der Waals surface area contributed by atoms with Gasteiger partial charge in [-0.3, -0.25) is 4.79 Å². The molecule has 1 amide bonds. The molecule has 1 atom stereocenters. The molecule has 27 heavy (non-hydrogen) atoms. The fourth-order valence-corrected chi connectivity index (χ4v) is 3.72. The van der Waals surface area contributed by atoms with E-state index in [4.69, 9.17) is 0 Å². The van der Waals surface area contributed by atoms with E-state index in [-0.39, 0.29) is 24.9 Å². The summed E-state index contributed by atoms with van der Waals surface area (Å²) in [5.41, 5.74) is 0.941. The van der Waals surface area contributed by atoms with E-state index in [0.717, 1.165) is 22.2 Å². The first-order valence-corrected chi connectivity index (χ1v) is 10.5. The van der Waals surface area contributed by atoms with Crippen LogP contribution in [0, 0.1) is 11.6 Å². The highest BCUT2D eigenvalue weighted by molar-refractivity contribution is 9.10. The molecule has 0 aromatic heterocycles. The first kappa shape index (κ1) is 21.5. The summed E-state index contributed by atoms with van der Waals surface area (Å²) in [6.07, 6.45) is 0.587. The van der Waals surface area contributed by atoms with Gasteiger partial charge in [0.05, 0.1) is 10.9 Å². The van der Waals surface area contributed by atoms with Gasteiger partial charge in [0.15, 0.2) is 11.6 Å². The van der Waals surface area contributed by atoms with E-state index < -0.39 is 26.6 Å². The molecule has 0 bridgehead atoms. The topological polar surface area (TPSA) is 75.3 Å². The van der Waals surface area contributed by atoms with Crippen molar-refractivity contribution in [3.8, 4) is 0 Å². The van der Waals surface area contributed by atoms with Crippen LogP contribution in [0.2, 0.25) is 0 Å². The summed E-state index contributed by atoms with van der Waals surface area (Å²) in [6, 6.07) is 9.64. The lowest BCUT2D eigenvalue weighted by molar-refractivity contribution is -0.121. The van der Waals surface area contributed by atoms with Gasteiger partial charge in [-0.15, -0.1) is 0 Å². The number of carbonyl (C=O) groups excluding carboxylic acids is 1. The number of benzene rings is 2. The van der Waals surface area contributed by atoms with Crippen LogP contribution in [0.3, 0.4) is 0 Å². The van der Waals surface area contributed by atoms with Gasteiger partial charge >= 0.3 is 0 Å². The van der Waals surface area contributed by atoms with Gasteiger partial charge < -0.3 is 5.32 Å². The summed E-state index contributed by atoms with van der Waals surface area (Å²) in [7, 11) is -4.03. The zero-order chi connectivity index (χ0) is 20.0. The molecule has 2 rings (SSSR count). The molecule has 2 N–H and O–H groups in total. The van der Waals surface area contributed by atoms with Gasteiger partial charge in [-0.2, -0.15) is 0 Å². The van der Waals surface area contributed by atoms with E-state index in [1.165, 1.54) is 0 Å². The van der Waals surface area contributed by atoms with Crippen molar-refractivity contribution in [2.45, 2.75) is 30.7 Å². The third kappa shape index (κ3) is 6.08. The van der Waals surface area contributed by atoms with Crippen molar-refractivity contribution in [3.63, 3.8) is 0 Å². The number of nitrogens with one attached hydrogen (secondary N) is 2. The highest BCUT2D eigenvalue weighted by Gasteiger charge is 2.17. The molecule has 0 aliphatic heterocycles. The predicted octanol–water partition coefficient (Wildman–Crippen LogP) is 3.66. The minimum atomic E-state index is -4.03. The lowest BCUT2D eigenvalue weighted by Crippen LogP contribution is -2.32. The molecule has 9 heteroatoms. The van der Waals surface area contributed by atoms with Crippen LogP contribution in [0.1, 0.15) is 31.4 Å². The second-order valence-electron chi connectivity index (χ2n) is 5.80. The van der Waals surface area contributed by atoms with Crippen molar-refractivity contribution in [2.24, 2.45) is 0 Å². The number of sulfonamides is 1. The molecule has 0 saturated heterocycles. The maximum Gasteiger partial charge on any atom is 0.240 e. The molecule has 5 nitrogen and oxygen atoms in total. The van der Waals surface area contributed by atoms with Crippen molar-refractivity contribution in [2.75, 3.05) is 6.54 Å². The molecule has 0 fully saturated rings. The SMILES string of the molecule is CCC(NC(=O)CCNS(=O)(=O)c1ccc(F)c(F)c1)c1ccc(Br)cc1. The van der Waals surface area contributed by atoms with Gasteiger partial charge in [-0.25, -0.2) is 21.9 Å². The quantitative estimate of drug-likeness (QED) is 0.630. The average molecular weight is 461 g/mol. The number of halogens is 3. The largest absolute Gasteiger partial charge is 0.349 e. The monoisotopic (exact) mass is 460 g/mol. The Labute approximate surface area is 165 Å². The molecule has 0 spiro atoms. The molecule has 2 aromatic carbocycles. The third-order valence-corrected chi connectivity index (χ3v) is 5.85. The normalized spacial score (nSPS) is 12.6. The molecule has 0 heterocycles. The highest BCUT2D eigenvalue weighted by Crippen LogP contribution is 2.19. The van der Waals surface area contributed by atoms with E-state index >= 15 is 0 Å². The van der Waals surface area contributed by atoms with E-state index in [9.17, 15) is 22.0 Å². The van der Waals surface area contributed by atoms with Crippen LogP contribution in [-0.2, 0) is 14.8 Å². The summed E-state index contributed by atoms with van der Waals surface area (Å²) in [5, 5.41) is 2.85. The predicted molar refractivity (Wildman–Crippen MR) is 101 cm³/mol. The molecular formula is C18H19BrF2N2O3S. The fourth-order valence-electron chi connectivity index (χ4n) is 2.41. The third-order valence-electron chi connectivity index (χ3n) is 3.86. The summed E-state index contributed by atoms with van der Waals surface area (Å²) < 4.78 is 53.4. The lowest BCUT2D eigenvalue weighted by atomic mass is 10.0. The van der Waals surface area contributed by atoms with Crippen LogP contribution in [-0.4, -0.2) is 20.9 Å². The number of rotatable bonds is 8. The van der Waals surface area contributed by atoms with Crippen LogP contribution in [0.15, 0.2) is 51.8 Å². The number of hydrogen-bond donors (Lipinski definition) is 2. The van der Waals surface area contributed by atoms with Crippen LogP contribution >= 0.6 is 15.9 Å².